The lowest BCUT2D eigenvalue weighted by Crippen LogP contribution is -2.50. The molecule has 2 atom stereocenters. The first-order valence-electron chi connectivity index (χ1n) is 11.3. The standard InChI is InChI=1S/C21H33N2O11PS/c1-4-32-35(31)33-13-21(2,3)19(34-35)20(30)23-8-7-16(26)22-9-10-36-18(29)12-15(25)11-14(24)5-6-17(27)28/h19H,4-13H2,1-3H3,(H,22,26)(H,23,30)(H,27,28)/t19-,35?/m0/s1. The molecule has 0 saturated carbocycles. The molecular weight excluding hydrogens is 519 g/mol. The summed E-state index contributed by atoms with van der Waals surface area (Å²) in [7, 11) is -3.83. The molecule has 15 heteroatoms. The van der Waals surface area contributed by atoms with Crippen LogP contribution in [0.1, 0.15) is 52.9 Å². The van der Waals surface area contributed by atoms with Crippen LogP contribution >= 0.6 is 19.6 Å². The van der Waals surface area contributed by atoms with Crippen molar-refractivity contribution in [3.63, 3.8) is 0 Å². The first-order valence-corrected chi connectivity index (χ1v) is 13.8. The van der Waals surface area contributed by atoms with Crippen molar-refractivity contribution >= 4 is 54.1 Å². The van der Waals surface area contributed by atoms with Crippen LogP contribution in [-0.2, 0) is 46.9 Å². The van der Waals surface area contributed by atoms with Crippen molar-refractivity contribution in [3.05, 3.63) is 0 Å². The van der Waals surface area contributed by atoms with Crippen molar-refractivity contribution in [3.8, 4) is 0 Å². The number of rotatable bonds is 16. The maximum atomic E-state index is 12.5. The van der Waals surface area contributed by atoms with E-state index in [0.29, 0.717) is 0 Å². The lowest BCUT2D eigenvalue weighted by molar-refractivity contribution is -0.141. The number of aliphatic carboxylic acids is 1. The Bertz CT molecular complexity index is 893. The number of carbonyl (C=O) groups is 6. The van der Waals surface area contributed by atoms with Gasteiger partial charge in [0.15, 0.2) is 11.2 Å². The van der Waals surface area contributed by atoms with Crippen LogP contribution in [0.3, 0.4) is 0 Å². The van der Waals surface area contributed by atoms with E-state index in [2.05, 4.69) is 10.6 Å². The molecule has 0 radical (unpaired) electrons. The van der Waals surface area contributed by atoms with Gasteiger partial charge < -0.3 is 15.7 Å². The number of Topliss-reactive ketones (excluding diaryl/α,β-unsaturated/α-hetero) is 2. The van der Waals surface area contributed by atoms with Crippen LogP contribution in [0.15, 0.2) is 0 Å². The maximum Gasteiger partial charge on any atom is 0.475 e. The van der Waals surface area contributed by atoms with Crippen molar-refractivity contribution < 1.29 is 52.0 Å². The Hall–Kier alpha value is -2.12. The van der Waals surface area contributed by atoms with E-state index in [-0.39, 0.29) is 57.2 Å². The SMILES string of the molecule is CCOP1(=O)OCC(C)(C)[C@H](C(=O)NCCC(=O)NCCSC(=O)CC(=O)CC(=O)CCC(=O)O)O1. The van der Waals surface area contributed by atoms with Crippen LogP contribution in [0.5, 0.6) is 0 Å². The highest BCUT2D eigenvalue weighted by Gasteiger charge is 2.48. The topological polar surface area (TPSA) is 191 Å². The molecule has 36 heavy (non-hydrogen) atoms. The minimum absolute atomic E-state index is 0.00309. The minimum Gasteiger partial charge on any atom is -0.481 e. The van der Waals surface area contributed by atoms with Gasteiger partial charge in [-0.25, -0.2) is 4.57 Å². The zero-order chi connectivity index (χ0) is 27.4. The van der Waals surface area contributed by atoms with Gasteiger partial charge in [-0.15, -0.1) is 0 Å². The molecule has 0 bridgehead atoms. The van der Waals surface area contributed by atoms with Crippen molar-refractivity contribution in [2.75, 3.05) is 32.1 Å². The Morgan fingerprint density at radius 1 is 1.03 bits per heavy atom. The third-order valence-corrected chi connectivity index (χ3v) is 7.12. The first-order chi connectivity index (χ1) is 16.8. The van der Waals surface area contributed by atoms with Crippen LogP contribution < -0.4 is 10.6 Å². The Labute approximate surface area is 213 Å². The van der Waals surface area contributed by atoms with Crippen molar-refractivity contribution in [1.82, 2.24) is 10.6 Å². The van der Waals surface area contributed by atoms with Crippen molar-refractivity contribution in [2.45, 2.75) is 59.0 Å². The van der Waals surface area contributed by atoms with E-state index in [1.165, 1.54) is 0 Å². The van der Waals surface area contributed by atoms with Gasteiger partial charge in [-0.2, -0.15) is 0 Å². The third-order valence-electron chi connectivity index (χ3n) is 4.76. The maximum absolute atomic E-state index is 12.5. The fraction of sp³-hybridized carbons (Fsp3) is 0.714. The normalized spacial score (nSPS) is 20.8. The number of hydrogen-bond donors (Lipinski definition) is 3. The zero-order valence-electron chi connectivity index (χ0n) is 20.5. The Balaban J connectivity index is 2.26. The molecule has 1 unspecified atom stereocenters. The van der Waals surface area contributed by atoms with E-state index in [4.69, 9.17) is 18.7 Å². The molecule has 0 aromatic heterocycles. The van der Waals surface area contributed by atoms with E-state index >= 15 is 0 Å². The summed E-state index contributed by atoms with van der Waals surface area (Å²) in [5, 5.41) is 13.2. The smallest absolute Gasteiger partial charge is 0.475 e. The molecule has 2 amide bonds. The average molecular weight is 553 g/mol. The van der Waals surface area contributed by atoms with Crippen molar-refractivity contribution in [2.24, 2.45) is 5.41 Å². The second-order valence-electron chi connectivity index (χ2n) is 8.55. The predicted molar refractivity (Wildman–Crippen MR) is 128 cm³/mol. The number of carboxylic acid groups (broad SMARTS) is 1. The molecule has 1 aliphatic heterocycles. The third kappa shape index (κ3) is 12.2. The Kier molecular flexibility index (Phi) is 13.5. The lowest BCUT2D eigenvalue weighted by Gasteiger charge is -2.39. The molecule has 1 saturated heterocycles. The molecule has 1 fully saturated rings. The number of phosphoric ester groups is 1. The number of amides is 2. The summed E-state index contributed by atoms with van der Waals surface area (Å²) in [6, 6.07) is 0. The van der Waals surface area contributed by atoms with Gasteiger partial charge in [0.2, 0.25) is 11.8 Å². The van der Waals surface area contributed by atoms with Gasteiger partial charge in [-0.1, -0.05) is 25.6 Å². The second kappa shape index (κ2) is 15.2. The minimum atomic E-state index is -3.83. The molecule has 0 aliphatic carbocycles. The summed E-state index contributed by atoms with van der Waals surface area (Å²) in [4.78, 5) is 69.9. The Morgan fingerprint density at radius 2 is 1.72 bits per heavy atom. The largest absolute Gasteiger partial charge is 0.481 e. The van der Waals surface area contributed by atoms with Crippen LogP contribution in [0.2, 0.25) is 0 Å². The zero-order valence-corrected chi connectivity index (χ0v) is 22.2. The number of thioether (sulfide) groups is 1. The lowest BCUT2D eigenvalue weighted by atomic mass is 9.87. The fourth-order valence-corrected chi connectivity index (χ4v) is 5.25. The van der Waals surface area contributed by atoms with E-state index < -0.39 is 60.7 Å². The summed E-state index contributed by atoms with van der Waals surface area (Å²) in [5.74, 6) is -2.99. The van der Waals surface area contributed by atoms with E-state index in [9.17, 15) is 33.3 Å². The van der Waals surface area contributed by atoms with Gasteiger partial charge in [-0.05, 0) is 6.92 Å². The molecule has 0 spiro atoms. The fourth-order valence-electron chi connectivity index (χ4n) is 2.92. The van der Waals surface area contributed by atoms with Crippen molar-refractivity contribution in [1.29, 1.82) is 0 Å². The highest BCUT2D eigenvalue weighted by atomic mass is 32.2. The van der Waals surface area contributed by atoms with Gasteiger partial charge in [0.05, 0.1) is 32.5 Å². The molecule has 0 aromatic rings. The molecule has 3 N–H and O–H groups in total. The summed E-state index contributed by atoms with van der Waals surface area (Å²) < 4.78 is 27.9. The molecule has 1 rings (SSSR count). The molecule has 0 aromatic carbocycles. The van der Waals surface area contributed by atoms with Crippen LogP contribution in [0.4, 0.5) is 0 Å². The highest BCUT2D eigenvalue weighted by molar-refractivity contribution is 8.13. The number of ketones is 2. The summed E-state index contributed by atoms with van der Waals surface area (Å²) >= 11 is 0.827. The van der Waals surface area contributed by atoms with Gasteiger partial charge in [0.1, 0.15) is 11.6 Å². The predicted octanol–water partition coefficient (Wildman–Crippen LogP) is 1.24. The second-order valence-corrected chi connectivity index (χ2v) is 11.3. The van der Waals surface area contributed by atoms with Crippen LogP contribution in [0, 0.1) is 5.41 Å². The number of carbonyl (C=O) groups excluding carboxylic acids is 5. The first kappa shape index (κ1) is 31.9. The molecule has 13 nitrogen and oxygen atoms in total. The van der Waals surface area contributed by atoms with E-state index in [0.717, 1.165) is 11.8 Å². The quantitative estimate of drug-likeness (QED) is 0.141. The molecule has 1 heterocycles. The van der Waals surface area contributed by atoms with Gasteiger partial charge in [-0.3, -0.25) is 42.3 Å². The van der Waals surface area contributed by atoms with Gasteiger partial charge in [0.25, 0.3) is 0 Å². The Morgan fingerprint density at radius 3 is 2.36 bits per heavy atom. The van der Waals surface area contributed by atoms with Crippen LogP contribution in [0.25, 0.3) is 0 Å². The summed E-state index contributed by atoms with van der Waals surface area (Å²) in [6.45, 7) is 5.25. The van der Waals surface area contributed by atoms with E-state index in [1.54, 1.807) is 20.8 Å². The molecule has 1 aliphatic rings. The average Bonchev–Trinajstić information content (AvgIpc) is 2.77. The number of carboxylic acids is 1. The number of nitrogens with one attached hydrogen (secondary N) is 2. The van der Waals surface area contributed by atoms with Gasteiger partial charge >= 0.3 is 13.8 Å². The van der Waals surface area contributed by atoms with Gasteiger partial charge in [0, 0.05) is 37.1 Å². The highest BCUT2D eigenvalue weighted by Crippen LogP contribution is 2.57. The summed E-state index contributed by atoms with van der Waals surface area (Å²) in [5.41, 5.74) is -0.770. The summed E-state index contributed by atoms with van der Waals surface area (Å²) in [6.07, 6.45) is -2.71. The van der Waals surface area contributed by atoms with E-state index in [1.807, 2.05) is 0 Å². The molecular formula is C21H33N2O11PS. The number of phosphoric acid groups is 1. The molecule has 204 valence electrons. The van der Waals surface area contributed by atoms with Crippen LogP contribution in [-0.4, -0.2) is 77.7 Å². The monoisotopic (exact) mass is 552 g/mol. The number of hydrogen-bond acceptors (Lipinski definition) is 11.